The van der Waals surface area contributed by atoms with Crippen LogP contribution in [-0.2, 0) is 6.42 Å². The van der Waals surface area contributed by atoms with Crippen LogP contribution in [0.15, 0.2) is 35.7 Å². The molecule has 0 radical (unpaired) electrons. The van der Waals surface area contributed by atoms with E-state index >= 15 is 0 Å². The molecule has 0 saturated carbocycles. The van der Waals surface area contributed by atoms with Crippen molar-refractivity contribution in [3.05, 3.63) is 51.7 Å². The quantitative estimate of drug-likeness (QED) is 0.741. The molecule has 0 bridgehead atoms. The summed E-state index contributed by atoms with van der Waals surface area (Å²) < 4.78 is 5.20. The lowest BCUT2D eigenvalue weighted by Gasteiger charge is -2.08. The van der Waals surface area contributed by atoms with Gasteiger partial charge in [0.1, 0.15) is 5.75 Å². The Bertz CT molecular complexity index is 492. The van der Waals surface area contributed by atoms with E-state index in [4.69, 9.17) is 4.74 Å². The van der Waals surface area contributed by atoms with Crippen molar-refractivity contribution < 1.29 is 4.74 Å². The van der Waals surface area contributed by atoms with Crippen LogP contribution in [0.4, 0.5) is 0 Å². The monoisotopic (exact) mass is 310 g/mol. The van der Waals surface area contributed by atoms with Gasteiger partial charge in [-0.2, -0.15) is 0 Å². The molecule has 17 heavy (non-hydrogen) atoms. The predicted molar refractivity (Wildman–Crippen MR) is 77.4 cm³/mol. The summed E-state index contributed by atoms with van der Waals surface area (Å²) >= 11 is 5.48. The van der Waals surface area contributed by atoms with E-state index in [-0.39, 0.29) is 0 Å². The first kappa shape index (κ1) is 12.7. The second kappa shape index (κ2) is 5.69. The number of halogens is 1. The maximum absolute atomic E-state index is 5.20. The van der Waals surface area contributed by atoms with Gasteiger partial charge in [0.25, 0.3) is 0 Å². The molecule has 1 aromatic carbocycles. The molecule has 0 amide bonds. The maximum Gasteiger partial charge on any atom is 0.129 e. The number of thiophene rings is 1. The number of ether oxygens (including phenoxy) is 1. The lowest BCUT2D eigenvalue weighted by molar-refractivity contribution is 0.416. The summed E-state index contributed by atoms with van der Waals surface area (Å²) in [6.45, 7) is 2.13. The third-order valence-corrected chi connectivity index (χ3v) is 4.78. The fourth-order valence-corrected chi connectivity index (χ4v) is 3.41. The smallest absolute Gasteiger partial charge is 0.129 e. The van der Waals surface area contributed by atoms with Crippen molar-refractivity contribution in [2.24, 2.45) is 0 Å². The minimum atomic E-state index is 0.359. The van der Waals surface area contributed by atoms with E-state index in [1.165, 1.54) is 16.0 Å². The Morgan fingerprint density at radius 3 is 2.82 bits per heavy atom. The lowest BCUT2D eigenvalue weighted by atomic mass is 10.1. The van der Waals surface area contributed by atoms with E-state index in [9.17, 15) is 0 Å². The fraction of sp³-hybridized carbons (Fsp3) is 0.286. The normalized spacial score (nSPS) is 12.4. The molecule has 90 valence electrons. The van der Waals surface area contributed by atoms with Crippen molar-refractivity contribution in [1.29, 1.82) is 0 Å². The summed E-state index contributed by atoms with van der Waals surface area (Å²) in [4.78, 5) is 1.67. The first-order valence-electron chi connectivity index (χ1n) is 5.51. The first-order valence-corrected chi connectivity index (χ1v) is 7.30. The highest BCUT2D eigenvalue weighted by Crippen LogP contribution is 2.34. The zero-order valence-electron chi connectivity index (χ0n) is 9.94. The number of benzene rings is 1. The van der Waals surface area contributed by atoms with Crippen molar-refractivity contribution in [2.75, 3.05) is 7.11 Å². The second-order valence-corrected chi connectivity index (χ2v) is 6.10. The molecule has 2 aromatic rings. The van der Waals surface area contributed by atoms with Crippen LogP contribution in [-0.4, -0.2) is 7.11 Å². The number of alkyl halides is 1. The van der Waals surface area contributed by atoms with Crippen LogP contribution < -0.4 is 4.74 Å². The van der Waals surface area contributed by atoms with Gasteiger partial charge in [-0.25, -0.2) is 0 Å². The molecule has 0 aliphatic carbocycles. The van der Waals surface area contributed by atoms with Crippen LogP contribution in [0.3, 0.4) is 0 Å². The Hall–Kier alpha value is -0.800. The zero-order chi connectivity index (χ0) is 12.3. The van der Waals surface area contributed by atoms with Gasteiger partial charge in [0.15, 0.2) is 0 Å². The summed E-state index contributed by atoms with van der Waals surface area (Å²) in [6.07, 6.45) is 1.01. The van der Waals surface area contributed by atoms with Crippen LogP contribution in [0.1, 0.15) is 20.8 Å². The van der Waals surface area contributed by atoms with Gasteiger partial charge >= 0.3 is 0 Å². The average Bonchev–Trinajstić information content (AvgIpc) is 2.77. The average molecular weight is 311 g/mol. The van der Waals surface area contributed by atoms with E-state index in [2.05, 4.69) is 53.2 Å². The van der Waals surface area contributed by atoms with Crippen molar-refractivity contribution in [3.8, 4) is 5.75 Å². The molecule has 0 spiro atoms. The summed E-state index contributed by atoms with van der Waals surface area (Å²) in [5, 5.41) is 2.04. The second-order valence-electron chi connectivity index (χ2n) is 4.05. The Morgan fingerprint density at radius 2 is 2.18 bits per heavy atom. The van der Waals surface area contributed by atoms with Crippen LogP contribution in [0, 0.1) is 6.92 Å². The highest BCUT2D eigenvalue weighted by atomic mass is 79.9. The summed E-state index contributed by atoms with van der Waals surface area (Å²) in [6, 6.07) is 10.7. The molecule has 1 nitrogen and oxygen atoms in total. The van der Waals surface area contributed by atoms with E-state index in [0.29, 0.717) is 4.83 Å². The summed E-state index contributed by atoms with van der Waals surface area (Å²) in [5.41, 5.74) is 2.67. The fourth-order valence-electron chi connectivity index (χ4n) is 1.75. The lowest BCUT2D eigenvalue weighted by Crippen LogP contribution is -1.93. The molecule has 0 fully saturated rings. The molecule has 1 heterocycles. The Balaban J connectivity index is 2.08. The molecular formula is C14H15BrOS. The first-order chi connectivity index (χ1) is 8.19. The highest BCUT2D eigenvalue weighted by molar-refractivity contribution is 9.09. The minimum Gasteiger partial charge on any atom is -0.496 e. The van der Waals surface area contributed by atoms with Gasteiger partial charge in [-0.3, -0.25) is 0 Å². The molecule has 1 unspecified atom stereocenters. The van der Waals surface area contributed by atoms with Gasteiger partial charge in [-0.15, -0.1) is 11.3 Å². The van der Waals surface area contributed by atoms with Crippen molar-refractivity contribution in [1.82, 2.24) is 0 Å². The molecule has 0 aliphatic heterocycles. The minimum absolute atomic E-state index is 0.359. The molecule has 1 atom stereocenters. The standard InChI is InChI=1S/C14H15BrOS/c1-10-4-3-5-11(6-10)7-13(15)14-8-12(16-2)9-17-14/h3-6,8-9,13H,7H2,1-2H3. The summed E-state index contributed by atoms with van der Waals surface area (Å²) in [7, 11) is 1.70. The van der Waals surface area contributed by atoms with Gasteiger partial charge in [-0.1, -0.05) is 45.8 Å². The predicted octanol–water partition coefficient (Wildman–Crippen LogP) is 4.74. The third kappa shape index (κ3) is 3.33. The van der Waals surface area contributed by atoms with E-state index in [1.807, 2.05) is 5.38 Å². The van der Waals surface area contributed by atoms with Crippen molar-refractivity contribution in [2.45, 2.75) is 18.2 Å². The number of hydrogen-bond donors (Lipinski definition) is 0. The highest BCUT2D eigenvalue weighted by Gasteiger charge is 2.11. The molecule has 3 heteroatoms. The van der Waals surface area contributed by atoms with Crippen LogP contribution in [0.5, 0.6) is 5.75 Å². The van der Waals surface area contributed by atoms with E-state index < -0.39 is 0 Å². The van der Waals surface area contributed by atoms with E-state index in [0.717, 1.165) is 12.2 Å². The van der Waals surface area contributed by atoms with Crippen LogP contribution >= 0.6 is 27.3 Å². The largest absolute Gasteiger partial charge is 0.496 e. The van der Waals surface area contributed by atoms with Crippen molar-refractivity contribution >= 4 is 27.3 Å². The van der Waals surface area contributed by atoms with Crippen LogP contribution in [0.2, 0.25) is 0 Å². The molecule has 0 aliphatic rings. The van der Waals surface area contributed by atoms with Gasteiger partial charge in [-0.05, 0) is 25.0 Å². The third-order valence-electron chi connectivity index (χ3n) is 2.64. The van der Waals surface area contributed by atoms with Crippen molar-refractivity contribution in [3.63, 3.8) is 0 Å². The molecular weight excluding hydrogens is 296 g/mol. The number of methoxy groups -OCH3 is 1. The SMILES string of the molecule is COc1csc(C(Br)Cc2cccc(C)c2)c1. The number of rotatable bonds is 4. The topological polar surface area (TPSA) is 9.23 Å². The zero-order valence-corrected chi connectivity index (χ0v) is 12.3. The van der Waals surface area contributed by atoms with Gasteiger partial charge in [0.2, 0.25) is 0 Å². The molecule has 1 aromatic heterocycles. The van der Waals surface area contributed by atoms with Gasteiger partial charge in [0.05, 0.1) is 11.9 Å². The number of hydrogen-bond acceptors (Lipinski definition) is 2. The van der Waals surface area contributed by atoms with Gasteiger partial charge in [0, 0.05) is 10.3 Å². The molecule has 2 rings (SSSR count). The summed E-state index contributed by atoms with van der Waals surface area (Å²) in [5.74, 6) is 0.943. The maximum atomic E-state index is 5.20. The number of aryl methyl sites for hydroxylation is 1. The Morgan fingerprint density at radius 1 is 1.35 bits per heavy atom. The van der Waals surface area contributed by atoms with Gasteiger partial charge < -0.3 is 4.74 Å². The Labute approximate surface area is 115 Å². The van der Waals surface area contributed by atoms with Crippen LogP contribution in [0.25, 0.3) is 0 Å². The Kier molecular flexibility index (Phi) is 4.24. The molecule has 0 N–H and O–H groups in total. The van der Waals surface area contributed by atoms with E-state index in [1.54, 1.807) is 18.4 Å². The molecule has 0 saturated heterocycles.